The van der Waals surface area contributed by atoms with E-state index >= 15 is 0 Å². The van der Waals surface area contributed by atoms with E-state index in [4.69, 9.17) is 9.47 Å². The standard InChI is InChI=1S/C18H18F2N4O3/c19-13-2-1-12(11-14(13)20)22-16(25)15-3-6-21-17(23-15)24-7-4-18(5-8-24)26-9-10-27-18/h1-3,6,11H,4-5,7-10H2,(H,22,25). The van der Waals surface area contributed by atoms with Gasteiger partial charge in [0, 0.05) is 43.9 Å². The third-order valence-electron chi connectivity index (χ3n) is 4.67. The number of carbonyl (C=O) groups is 1. The molecule has 9 heteroatoms. The largest absolute Gasteiger partial charge is 0.347 e. The highest BCUT2D eigenvalue weighted by atomic mass is 19.2. The van der Waals surface area contributed by atoms with Gasteiger partial charge in [-0.2, -0.15) is 0 Å². The van der Waals surface area contributed by atoms with E-state index in [1.54, 1.807) is 0 Å². The van der Waals surface area contributed by atoms with Crippen LogP contribution in [-0.2, 0) is 9.47 Å². The SMILES string of the molecule is O=C(Nc1ccc(F)c(F)c1)c1ccnc(N2CCC3(CC2)OCCO3)n1. The fraction of sp³-hybridized carbons (Fsp3) is 0.389. The molecule has 1 spiro atoms. The number of anilines is 2. The van der Waals surface area contributed by atoms with Gasteiger partial charge in [-0.05, 0) is 18.2 Å². The molecule has 0 unspecified atom stereocenters. The fourth-order valence-corrected chi connectivity index (χ4v) is 3.23. The summed E-state index contributed by atoms with van der Waals surface area (Å²) in [6, 6.07) is 4.62. The summed E-state index contributed by atoms with van der Waals surface area (Å²) in [5.41, 5.74) is 0.285. The molecule has 2 aliphatic rings. The molecule has 2 fully saturated rings. The predicted octanol–water partition coefficient (Wildman–Crippen LogP) is 2.35. The summed E-state index contributed by atoms with van der Waals surface area (Å²) in [5.74, 6) is -2.61. The lowest BCUT2D eigenvalue weighted by Crippen LogP contribution is -2.45. The van der Waals surface area contributed by atoms with Crippen molar-refractivity contribution in [2.45, 2.75) is 18.6 Å². The van der Waals surface area contributed by atoms with E-state index in [9.17, 15) is 13.6 Å². The number of hydrogen-bond acceptors (Lipinski definition) is 6. The maximum Gasteiger partial charge on any atom is 0.274 e. The van der Waals surface area contributed by atoms with Crippen molar-refractivity contribution in [3.05, 3.63) is 47.8 Å². The predicted molar refractivity (Wildman–Crippen MR) is 92.4 cm³/mol. The molecule has 7 nitrogen and oxygen atoms in total. The molecule has 0 bridgehead atoms. The van der Waals surface area contributed by atoms with Crippen LogP contribution >= 0.6 is 0 Å². The van der Waals surface area contributed by atoms with Gasteiger partial charge in [-0.3, -0.25) is 4.79 Å². The van der Waals surface area contributed by atoms with E-state index in [0.717, 1.165) is 12.1 Å². The van der Waals surface area contributed by atoms with Gasteiger partial charge in [0.1, 0.15) is 5.69 Å². The Morgan fingerprint density at radius 3 is 2.56 bits per heavy atom. The minimum absolute atomic E-state index is 0.137. The van der Waals surface area contributed by atoms with Crippen LogP contribution in [0.25, 0.3) is 0 Å². The number of carbonyl (C=O) groups excluding carboxylic acids is 1. The average Bonchev–Trinajstić information content (AvgIpc) is 3.13. The number of halogens is 2. The Morgan fingerprint density at radius 2 is 1.85 bits per heavy atom. The van der Waals surface area contributed by atoms with Gasteiger partial charge in [0.2, 0.25) is 5.95 Å². The molecule has 3 heterocycles. The van der Waals surface area contributed by atoms with Crippen LogP contribution in [-0.4, -0.2) is 48.0 Å². The summed E-state index contributed by atoms with van der Waals surface area (Å²) in [5, 5.41) is 2.50. The van der Waals surface area contributed by atoms with Crippen molar-refractivity contribution in [2.75, 3.05) is 36.5 Å². The lowest BCUT2D eigenvalue weighted by atomic mass is 10.0. The van der Waals surface area contributed by atoms with Gasteiger partial charge in [-0.1, -0.05) is 0 Å². The summed E-state index contributed by atoms with van der Waals surface area (Å²) in [4.78, 5) is 22.9. The third kappa shape index (κ3) is 3.74. The van der Waals surface area contributed by atoms with Crippen molar-refractivity contribution in [3.63, 3.8) is 0 Å². The van der Waals surface area contributed by atoms with E-state index < -0.39 is 23.3 Å². The second-order valence-electron chi connectivity index (χ2n) is 6.42. The highest BCUT2D eigenvalue weighted by molar-refractivity contribution is 6.02. The number of ether oxygens (including phenoxy) is 2. The first-order valence-electron chi connectivity index (χ1n) is 8.67. The number of aromatic nitrogens is 2. The van der Waals surface area contributed by atoms with Gasteiger partial charge in [0.15, 0.2) is 17.4 Å². The van der Waals surface area contributed by atoms with Crippen LogP contribution in [0, 0.1) is 11.6 Å². The zero-order valence-corrected chi connectivity index (χ0v) is 14.5. The Kier molecular flexibility index (Phi) is 4.71. The molecule has 0 saturated carbocycles. The molecule has 142 valence electrons. The molecule has 0 radical (unpaired) electrons. The Labute approximate surface area is 154 Å². The highest BCUT2D eigenvalue weighted by Gasteiger charge is 2.40. The van der Waals surface area contributed by atoms with Crippen LogP contribution in [0.5, 0.6) is 0 Å². The number of amides is 1. The van der Waals surface area contributed by atoms with E-state index in [2.05, 4.69) is 15.3 Å². The van der Waals surface area contributed by atoms with Crippen LogP contribution in [0.1, 0.15) is 23.3 Å². The Hall–Kier alpha value is -2.65. The van der Waals surface area contributed by atoms with Gasteiger partial charge in [-0.15, -0.1) is 0 Å². The first kappa shape index (κ1) is 17.7. The molecule has 0 aliphatic carbocycles. The molecule has 1 aromatic carbocycles. The van der Waals surface area contributed by atoms with Crippen LogP contribution in [0.2, 0.25) is 0 Å². The minimum atomic E-state index is -1.03. The van der Waals surface area contributed by atoms with Crippen LogP contribution in [0.15, 0.2) is 30.5 Å². The molecule has 2 aliphatic heterocycles. The molecule has 1 amide bonds. The first-order valence-corrected chi connectivity index (χ1v) is 8.67. The molecular weight excluding hydrogens is 358 g/mol. The maximum absolute atomic E-state index is 13.3. The normalized spacial score (nSPS) is 18.7. The van der Waals surface area contributed by atoms with E-state index in [1.807, 2.05) is 4.90 Å². The number of hydrogen-bond donors (Lipinski definition) is 1. The van der Waals surface area contributed by atoms with Gasteiger partial charge >= 0.3 is 0 Å². The summed E-state index contributed by atoms with van der Waals surface area (Å²) in [7, 11) is 0. The van der Waals surface area contributed by atoms with Crippen molar-refractivity contribution in [3.8, 4) is 0 Å². The first-order chi connectivity index (χ1) is 13.0. The van der Waals surface area contributed by atoms with Crippen molar-refractivity contribution >= 4 is 17.5 Å². The Balaban J connectivity index is 1.44. The summed E-state index contributed by atoms with van der Waals surface area (Å²) >= 11 is 0. The van der Waals surface area contributed by atoms with Crippen LogP contribution in [0.4, 0.5) is 20.4 Å². The van der Waals surface area contributed by atoms with Gasteiger partial charge in [0.25, 0.3) is 5.91 Å². The Morgan fingerprint density at radius 1 is 1.11 bits per heavy atom. The topological polar surface area (TPSA) is 76.6 Å². The molecule has 2 aromatic rings. The zero-order valence-electron chi connectivity index (χ0n) is 14.5. The maximum atomic E-state index is 13.3. The Bertz CT molecular complexity index is 848. The zero-order chi connectivity index (χ0) is 18.9. The lowest BCUT2D eigenvalue weighted by molar-refractivity contribution is -0.169. The van der Waals surface area contributed by atoms with Gasteiger partial charge in [-0.25, -0.2) is 18.7 Å². The monoisotopic (exact) mass is 376 g/mol. The number of nitrogens with one attached hydrogen (secondary N) is 1. The van der Waals surface area contributed by atoms with E-state index in [1.165, 1.54) is 18.3 Å². The van der Waals surface area contributed by atoms with Crippen molar-refractivity contribution in [2.24, 2.45) is 0 Å². The molecule has 2 saturated heterocycles. The minimum Gasteiger partial charge on any atom is -0.347 e. The van der Waals surface area contributed by atoms with Crippen molar-refractivity contribution in [1.82, 2.24) is 9.97 Å². The molecular formula is C18H18F2N4O3. The van der Waals surface area contributed by atoms with Crippen LogP contribution in [0.3, 0.4) is 0 Å². The second-order valence-corrected chi connectivity index (χ2v) is 6.42. The number of nitrogens with zero attached hydrogens (tertiary/aromatic N) is 3. The van der Waals surface area contributed by atoms with Crippen molar-refractivity contribution in [1.29, 1.82) is 0 Å². The number of piperidine rings is 1. The molecule has 1 N–H and O–H groups in total. The summed E-state index contributed by atoms with van der Waals surface area (Å²) in [6.45, 7) is 2.51. The fourth-order valence-electron chi connectivity index (χ4n) is 3.23. The highest BCUT2D eigenvalue weighted by Crippen LogP contribution is 2.32. The quantitative estimate of drug-likeness (QED) is 0.886. The lowest BCUT2D eigenvalue weighted by Gasteiger charge is -2.37. The van der Waals surface area contributed by atoms with E-state index in [-0.39, 0.29) is 11.4 Å². The van der Waals surface area contributed by atoms with E-state index in [0.29, 0.717) is 45.1 Å². The summed E-state index contributed by atoms with van der Waals surface area (Å²) < 4.78 is 37.7. The third-order valence-corrected chi connectivity index (χ3v) is 4.67. The number of benzene rings is 1. The van der Waals surface area contributed by atoms with Crippen LogP contribution < -0.4 is 10.2 Å². The second kappa shape index (κ2) is 7.16. The molecule has 27 heavy (non-hydrogen) atoms. The number of rotatable bonds is 3. The van der Waals surface area contributed by atoms with Gasteiger partial charge < -0.3 is 19.7 Å². The van der Waals surface area contributed by atoms with Gasteiger partial charge in [0.05, 0.1) is 13.2 Å². The van der Waals surface area contributed by atoms with Crippen molar-refractivity contribution < 1.29 is 23.0 Å². The molecule has 0 atom stereocenters. The average molecular weight is 376 g/mol. The smallest absolute Gasteiger partial charge is 0.274 e. The molecule has 1 aromatic heterocycles. The molecule has 4 rings (SSSR count). The summed E-state index contributed by atoms with van der Waals surface area (Å²) in [6.07, 6.45) is 2.89.